The van der Waals surface area contributed by atoms with Crippen LogP contribution in [-0.2, 0) is 9.53 Å². The highest BCUT2D eigenvalue weighted by Gasteiger charge is 2.40. The number of aliphatic hydroxyl groups excluding tert-OH is 3. The predicted octanol–water partition coefficient (Wildman–Crippen LogP) is -2.10. The van der Waals surface area contributed by atoms with Crippen LogP contribution in [0, 0.1) is 0 Å². The van der Waals surface area contributed by atoms with Gasteiger partial charge in [-0.05, 0) is 0 Å². The van der Waals surface area contributed by atoms with Gasteiger partial charge in [-0.1, -0.05) is 0 Å². The van der Waals surface area contributed by atoms with Crippen LogP contribution in [0.2, 0.25) is 0 Å². The second kappa shape index (κ2) is 3.36. The smallest absolute Gasteiger partial charge is 0.335 e. The Morgan fingerprint density at radius 2 is 1.92 bits per heavy atom. The fourth-order valence-corrected chi connectivity index (χ4v) is 1.06. The van der Waals surface area contributed by atoms with Crippen molar-refractivity contribution in [3.8, 4) is 0 Å². The molecule has 70 valence electrons. The molecule has 0 aromatic carbocycles. The highest BCUT2D eigenvalue weighted by molar-refractivity contribution is 5.73. The lowest BCUT2D eigenvalue weighted by Crippen LogP contribution is -2.51. The van der Waals surface area contributed by atoms with E-state index in [1.165, 1.54) is 0 Å². The Morgan fingerprint density at radius 3 is 2.42 bits per heavy atom. The number of carboxylic acid groups (broad SMARTS) is 1. The molecule has 0 radical (unpaired) electrons. The topological polar surface area (TPSA) is 107 Å². The Hall–Kier alpha value is -0.690. The van der Waals surface area contributed by atoms with Crippen LogP contribution in [0.4, 0.5) is 0 Å². The largest absolute Gasteiger partial charge is 0.479 e. The summed E-state index contributed by atoms with van der Waals surface area (Å²) in [7, 11) is 0. The van der Waals surface area contributed by atoms with Gasteiger partial charge in [0.2, 0.25) is 0 Å². The molecule has 1 aliphatic heterocycles. The van der Waals surface area contributed by atoms with Crippen LogP contribution in [0.5, 0.6) is 0 Å². The zero-order chi connectivity index (χ0) is 9.30. The average Bonchev–Trinajstić information content (AvgIpc) is 1.96. The lowest BCUT2D eigenvalue weighted by Gasteiger charge is -2.32. The first-order valence-electron chi connectivity index (χ1n) is 3.45. The van der Waals surface area contributed by atoms with E-state index in [2.05, 4.69) is 4.74 Å². The number of aliphatic hydroxyl groups is 3. The molecule has 0 bridgehead atoms. The molecule has 1 saturated heterocycles. The summed E-state index contributed by atoms with van der Waals surface area (Å²) in [5, 5.41) is 35.4. The van der Waals surface area contributed by atoms with E-state index >= 15 is 0 Å². The third-order valence-corrected chi connectivity index (χ3v) is 1.69. The molecule has 6 nitrogen and oxygen atoms in total. The standard InChI is InChI=1S/C6H10O6/c7-2-1-3(8)12-5(4(2)9)6(10)11/h2-5,7-9H,1H2,(H,10,11)/t2-,3-,4+,5+/m0/s1. The quantitative estimate of drug-likeness (QED) is 0.366. The maximum atomic E-state index is 10.3. The second-order valence-electron chi connectivity index (χ2n) is 2.64. The number of ether oxygens (including phenoxy) is 1. The number of hydrogen-bond donors (Lipinski definition) is 4. The summed E-state index contributed by atoms with van der Waals surface area (Å²) >= 11 is 0. The highest BCUT2D eigenvalue weighted by atomic mass is 16.6. The second-order valence-corrected chi connectivity index (χ2v) is 2.64. The number of carboxylic acids is 1. The summed E-state index contributed by atoms with van der Waals surface area (Å²) in [6.45, 7) is 0. The first-order chi connectivity index (χ1) is 5.52. The molecule has 0 aliphatic carbocycles. The average molecular weight is 178 g/mol. The van der Waals surface area contributed by atoms with Crippen LogP contribution in [-0.4, -0.2) is 51.0 Å². The van der Waals surface area contributed by atoms with Crippen molar-refractivity contribution in [3.05, 3.63) is 0 Å². The maximum Gasteiger partial charge on any atom is 0.335 e. The van der Waals surface area contributed by atoms with Gasteiger partial charge in [0.1, 0.15) is 6.10 Å². The van der Waals surface area contributed by atoms with E-state index in [1.54, 1.807) is 0 Å². The Labute approximate surface area is 68.0 Å². The number of aliphatic carboxylic acids is 1. The van der Waals surface area contributed by atoms with Gasteiger partial charge < -0.3 is 25.2 Å². The molecule has 1 rings (SSSR count). The fraction of sp³-hybridized carbons (Fsp3) is 0.833. The number of carbonyl (C=O) groups is 1. The van der Waals surface area contributed by atoms with Crippen molar-refractivity contribution in [2.45, 2.75) is 31.0 Å². The van der Waals surface area contributed by atoms with Gasteiger partial charge >= 0.3 is 5.97 Å². The van der Waals surface area contributed by atoms with Gasteiger partial charge in [0.05, 0.1) is 6.10 Å². The van der Waals surface area contributed by atoms with Gasteiger partial charge in [0.25, 0.3) is 0 Å². The molecule has 1 aliphatic rings. The van der Waals surface area contributed by atoms with E-state index in [0.717, 1.165) is 0 Å². The molecule has 12 heavy (non-hydrogen) atoms. The Balaban J connectivity index is 2.66. The van der Waals surface area contributed by atoms with Crippen LogP contribution in [0.3, 0.4) is 0 Å². The zero-order valence-corrected chi connectivity index (χ0v) is 6.12. The van der Waals surface area contributed by atoms with Crippen molar-refractivity contribution < 1.29 is 30.0 Å². The lowest BCUT2D eigenvalue weighted by atomic mass is 10.0. The van der Waals surface area contributed by atoms with E-state index in [9.17, 15) is 4.79 Å². The van der Waals surface area contributed by atoms with E-state index in [1.807, 2.05) is 0 Å². The Bertz CT molecular complexity index is 181. The monoisotopic (exact) mass is 178 g/mol. The molecule has 0 aromatic rings. The van der Waals surface area contributed by atoms with E-state index < -0.39 is 30.6 Å². The molecular formula is C6H10O6. The minimum Gasteiger partial charge on any atom is -0.479 e. The summed E-state index contributed by atoms with van der Waals surface area (Å²) in [5.74, 6) is -1.40. The minimum absolute atomic E-state index is 0.176. The van der Waals surface area contributed by atoms with Gasteiger partial charge in [-0.3, -0.25) is 0 Å². The van der Waals surface area contributed by atoms with Crippen molar-refractivity contribution in [3.63, 3.8) is 0 Å². The zero-order valence-electron chi connectivity index (χ0n) is 6.12. The molecule has 6 heteroatoms. The molecule has 4 atom stereocenters. The molecular weight excluding hydrogens is 168 g/mol. The normalized spacial score (nSPS) is 42.6. The molecule has 0 unspecified atom stereocenters. The fourth-order valence-electron chi connectivity index (χ4n) is 1.06. The first-order valence-corrected chi connectivity index (χ1v) is 3.45. The van der Waals surface area contributed by atoms with E-state index in [4.69, 9.17) is 20.4 Å². The van der Waals surface area contributed by atoms with Gasteiger partial charge in [0, 0.05) is 6.42 Å². The molecule has 0 amide bonds. The van der Waals surface area contributed by atoms with Crippen LogP contribution in [0.15, 0.2) is 0 Å². The van der Waals surface area contributed by atoms with Crippen molar-refractivity contribution in [1.82, 2.24) is 0 Å². The van der Waals surface area contributed by atoms with E-state index in [0.29, 0.717) is 0 Å². The van der Waals surface area contributed by atoms with Crippen LogP contribution >= 0.6 is 0 Å². The molecule has 0 spiro atoms. The Kier molecular flexibility index (Phi) is 2.63. The van der Waals surface area contributed by atoms with Crippen LogP contribution in [0.25, 0.3) is 0 Å². The molecule has 0 saturated carbocycles. The minimum atomic E-state index is -1.55. The van der Waals surface area contributed by atoms with Crippen molar-refractivity contribution in [1.29, 1.82) is 0 Å². The van der Waals surface area contributed by atoms with Crippen molar-refractivity contribution >= 4 is 5.97 Å². The third-order valence-electron chi connectivity index (χ3n) is 1.69. The van der Waals surface area contributed by atoms with Crippen molar-refractivity contribution in [2.75, 3.05) is 0 Å². The van der Waals surface area contributed by atoms with E-state index in [-0.39, 0.29) is 6.42 Å². The summed E-state index contributed by atoms with van der Waals surface area (Å²) in [6.07, 6.45) is -5.79. The summed E-state index contributed by atoms with van der Waals surface area (Å²) < 4.78 is 4.48. The SMILES string of the molecule is O=C(O)[C@@H]1O[C@H](O)C[C@H](O)[C@H]1O. The van der Waals surface area contributed by atoms with Gasteiger partial charge in [-0.2, -0.15) is 0 Å². The number of rotatable bonds is 1. The molecule has 4 N–H and O–H groups in total. The molecule has 1 fully saturated rings. The van der Waals surface area contributed by atoms with Gasteiger partial charge in [-0.25, -0.2) is 4.79 Å². The predicted molar refractivity (Wildman–Crippen MR) is 35.1 cm³/mol. The van der Waals surface area contributed by atoms with Crippen molar-refractivity contribution in [2.24, 2.45) is 0 Å². The number of hydrogen-bond acceptors (Lipinski definition) is 5. The maximum absolute atomic E-state index is 10.3. The Morgan fingerprint density at radius 1 is 1.33 bits per heavy atom. The third kappa shape index (κ3) is 1.72. The van der Waals surface area contributed by atoms with Gasteiger partial charge in [0.15, 0.2) is 12.4 Å². The lowest BCUT2D eigenvalue weighted by molar-refractivity contribution is -0.236. The van der Waals surface area contributed by atoms with Crippen LogP contribution < -0.4 is 0 Å². The summed E-state index contributed by atoms with van der Waals surface area (Å²) in [6, 6.07) is 0. The van der Waals surface area contributed by atoms with Gasteiger partial charge in [-0.15, -0.1) is 0 Å². The first kappa shape index (κ1) is 9.40. The summed E-state index contributed by atoms with van der Waals surface area (Å²) in [4.78, 5) is 10.3. The van der Waals surface area contributed by atoms with Crippen LogP contribution in [0.1, 0.15) is 6.42 Å². The molecule has 0 aromatic heterocycles. The highest BCUT2D eigenvalue weighted by Crippen LogP contribution is 2.18. The summed E-state index contributed by atoms with van der Waals surface area (Å²) in [5.41, 5.74) is 0. The molecule has 1 heterocycles.